The molecular formula is C13H26. The predicted octanol–water partition coefficient (Wildman–Crippen LogP) is 4.66. The molecule has 0 aromatic carbocycles. The second-order valence-electron chi connectivity index (χ2n) is 4.61. The minimum atomic E-state index is 0.726. The van der Waals surface area contributed by atoms with Crippen LogP contribution in [0.5, 0.6) is 0 Å². The molecule has 0 nitrogen and oxygen atoms in total. The summed E-state index contributed by atoms with van der Waals surface area (Å²) >= 11 is 0. The van der Waals surface area contributed by atoms with Crippen LogP contribution in [-0.2, 0) is 0 Å². The molecule has 0 N–H and O–H groups in total. The first kappa shape index (κ1) is 12.7. The molecule has 0 saturated heterocycles. The van der Waals surface area contributed by atoms with E-state index in [1.807, 2.05) is 0 Å². The van der Waals surface area contributed by atoms with Crippen LogP contribution in [0.15, 0.2) is 12.2 Å². The standard InChI is InChI=1S/C13H26/c1-6-7-8-12(4)9-10-13(5)11(2)3/h9-13H,6-8H2,1-5H3. The number of hydrogen-bond acceptors (Lipinski definition) is 0. The Morgan fingerprint density at radius 2 is 1.62 bits per heavy atom. The van der Waals surface area contributed by atoms with Crippen LogP contribution in [0.2, 0.25) is 0 Å². The molecule has 0 heteroatoms. The molecule has 0 heterocycles. The smallest absolute Gasteiger partial charge is 0.0239 e. The van der Waals surface area contributed by atoms with Crippen molar-refractivity contribution in [3.8, 4) is 0 Å². The van der Waals surface area contributed by atoms with Crippen molar-refractivity contribution in [3.05, 3.63) is 12.2 Å². The Bertz CT molecular complexity index is 133. The van der Waals surface area contributed by atoms with Gasteiger partial charge in [0, 0.05) is 0 Å². The van der Waals surface area contributed by atoms with E-state index in [-0.39, 0.29) is 0 Å². The molecule has 0 fully saturated rings. The number of hydrogen-bond donors (Lipinski definition) is 0. The van der Waals surface area contributed by atoms with E-state index in [0.717, 1.165) is 17.8 Å². The zero-order valence-electron chi connectivity index (χ0n) is 10.0. The van der Waals surface area contributed by atoms with Crippen LogP contribution >= 0.6 is 0 Å². The van der Waals surface area contributed by atoms with E-state index in [9.17, 15) is 0 Å². The van der Waals surface area contributed by atoms with Crippen molar-refractivity contribution >= 4 is 0 Å². The molecule has 0 bridgehead atoms. The minimum Gasteiger partial charge on any atom is -0.0854 e. The lowest BCUT2D eigenvalue weighted by molar-refractivity contribution is 0.498. The molecule has 2 atom stereocenters. The van der Waals surface area contributed by atoms with Gasteiger partial charge in [-0.2, -0.15) is 0 Å². The zero-order valence-corrected chi connectivity index (χ0v) is 10.0. The largest absolute Gasteiger partial charge is 0.0854 e. The maximum Gasteiger partial charge on any atom is -0.0239 e. The van der Waals surface area contributed by atoms with E-state index < -0.39 is 0 Å². The Morgan fingerprint density at radius 3 is 2.08 bits per heavy atom. The van der Waals surface area contributed by atoms with Crippen LogP contribution in [0.1, 0.15) is 53.9 Å². The highest BCUT2D eigenvalue weighted by Crippen LogP contribution is 2.14. The Hall–Kier alpha value is -0.260. The highest BCUT2D eigenvalue weighted by atomic mass is 14.1. The first-order valence-electron chi connectivity index (χ1n) is 5.76. The van der Waals surface area contributed by atoms with Crippen molar-refractivity contribution in [2.75, 3.05) is 0 Å². The van der Waals surface area contributed by atoms with E-state index in [0.29, 0.717) is 0 Å². The summed E-state index contributed by atoms with van der Waals surface area (Å²) in [4.78, 5) is 0. The van der Waals surface area contributed by atoms with Gasteiger partial charge in [0.1, 0.15) is 0 Å². The van der Waals surface area contributed by atoms with Crippen molar-refractivity contribution in [2.45, 2.75) is 53.9 Å². The summed E-state index contributed by atoms with van der Waals surface area (Å²) in [5.41, 5.74) is 0. The molecule has 0 aliphatic carbocycles. The Morgan fingerprint density at radius 1 is 1.00 bits per heavy atom. The first-order valence-corrected chi connectivity index (χ1v) is 5.76. The highest BCUT2D eigenvalue weighted by molar-refractivity contribution is 4.90. The van der Waals surface area contributed by atoms with Crippen LogP contribution in [0.4, 0.5) is 0 Å². The van der Waals surface area contributed by atoms with E-state index in [4.69, 9.17) is 0 Å². The van der Waals surface area contributed by atoms with Crippen LogP contribution in [0, 0.1) is 17.8 Å². The quantitative estimate of drug-likeness (QED) is 0.524. The second kappa shape index (κ2) is 7.17. The fraction of sp³-hybridized carbons (Fsp3) is 0.846. The van der Waals surface area contributed by atoms with E-state index in [1.165, 1.54) is 19.3 Å². The monoisotopic (exact) mass is 182 g/mol. The van der Waals surface area contributed by atoms with Gasteiger partial charge in [-0.15, -0.1) is 0 Å². The molecule has 0 rings (SSSR count). The van der Waals surface area contributed by atoms with Crippen LogP contribution in [-0.4, -0.2) is 0 Å². The summed E-state index contributed by atoms with van der Waals surface area (Å²) in [6, 6.07) is 0. The highest BCUT2D eigenvalue weighted by Gasteiger charge is 2.02. The number of allylic oxidation sites excluding steroid dienone is 2. The molecule has 2 unspecified atom stereocenters. The molecule has 0 radical (unpaired) electrons. The van der Waals surface area contributed by atoms with Crippen LogP contribution in [0.3, 0.4) is 0 Å². The summed E-state index contributed by atoms with van der Waals surface area (Å²) in [5, 5.41) is 0. The van der Waals surface area contributed by atoms with Gasteiger partial charge in [-0.3, -0.25) is 0 Å². The molecule has 0 amide bonds. The summed E-state index contributed by atoms with van der Waals surface area (Å²) in [7, 11) is 0. The summed E-state index contributed by atoms with van der Waals surface area (Å²) < 4.78 is 0. The van der Waals surface area contributed by atoms with Crippen molar-refractivity contribution in [1.82, 2.24) is 0 Å². The van der Waals surface area contributed by atoms with Gasteiger partial charge >= 0.3 is 0 Å². The molecule has 0 saturated carbocycles. The van der Waals surface area contributed by atoms with Gasteiger partial charge < -0.3 is 0 Å². The number of rotatable bonds is 6. The van der Waals surface area contributed by atoms with Gasteiger partial charge in [-0.05, 0) is 24.2 Å². The molecule has 0 aliphatic heterocycles. The fourth-order valence-electron chi connectivity index (χ4n) is 1.21. The zero-order chi connectivity index (χ0) is 10.3. The third kappa shape index (κ3) is 6.86. The average molecular weight is 182 g/mol. The second-order valence-corrected chi connectivity index (χ2v) is 4.61. The fourth-order valence-corrected chi connectivity index (χ4v) is 1.21. The van der Waals surface area contributed by atoms with Crippen molar-refractivity contribution < 1.29 is 0 Å². The van der Waals surface area contributed by atoms with Gasteiger partial charge in [-0.1, -0.05) is 59.6 Å². The molecule has 0 aromatic rings. The molecule has 78 valence electrons. The molecule has 0 aromatic heterocycles. The van der Waals surface area contributed by atoms with E-state index in [1.54, 1.807) is 0 Å². The summed E-state index contributed by atoms with van der Waals surface area (Å²) in [6.45, 7) is 11.4. The lowest BCUT2D eigenvalue weighted by atomic mass is 9.95. The van der Waals surface area contributed by atoms with Crippen molar-refractivity contribution in [2.24, 2.45) is 17.8 Å². The Kier molecular flexibility index (Phi) is 7.03. The lowest BCUT2D eigenvalue weighted by Gasteiger charge is -2.11. The predicted molar refractivity (Wildman–Crippen MR) is 61.8 cm³/mol. The number of unbranched alkanes of at least 4 members (excludes halogenated alkanes) is 1. The molecular weight excluding hydrogens is 156 g/mol. The molecule has 13 heavy (non-hydrogen) atoms. The maximum atomic E-state index is 2.39. The summed E-state index contributed by atoms with van der Waals surface area (Å²) in [6.07, 6.45) is 8.79. The van der Waals surface area contributed by atoms with Gasteiger partial charge in [0.05, 0.1) is 0 Å². The van der Waals surface area contributed by atoms with E-state index >= 15 is 0 Å². The SMILES string of the molecule is CCCCC(C)C=CC(C)C(C)C. The van der Waals surface area contributed by atoms with Gasteiger partial charge in [0.15, 0.2) is 0 Å². The first-order chi connectivity index (χ1) is 6.07. The minimum absolute atomic E-state index is 0.726. The normalized spacial score (nSPS) is 16.8. The molecule has 0 spiro atoms. The van der Waals surface area contributed by atoms with Crippen LogP contribution in [0.25, 0.3) is 0 Å². The topological polar surface area (TPSA) is 0 Å². The van der Waals surface area contributed by atoms with Gasteiger partial charge in [0.25, 0.3) is 0 Å². The Balaban J connectivity index is 3.69. The van der Waals surface area contributed by atoms with Crippen molar-refractivity contribution in [3.63, 3.8) is 0 Å². The third-order valence-corrected chi connectivity index (χ3v) is 2.81. The van der Waals surface area contributed by atoms with Gasteiger partial charge in [0.2, 0.25) is 0 Å². The summed E-state index contributed by atoms with van der Waals surface area (Å²) in [5.74, 6) is 2.26. The van der Waals surface area contributed by atoms with E-state index in [2.05, 4.69) is 46.8 Å². The molecule has 0 aliphatic rings. The lowest BCUT2D eigenvalue weighted by Crippen LogP contribution is -2.00. The van der Waals surface area contributed by atoms with Crippen molar-refractivity contribution in [1.29, 1.82) is 0 Å². The third-order valence-electron chi connectivity index (χ3n) is 2.81. The van der Waals surface area contributed by atoms with Gasteiger partial charge in [-0.25, -0.2) is 0 Å². The van der Waals surface area contributed by atoms with Crippen LogP contribution < -0.4 is 0 Å². The average Bonchev–Trinajstić information content (AvgIpc) is 2.10. The Labute approximate surface area is 84.4 Å². The maximum absolute atomic E-state index is 2.39.